The predicted molar refractivity (Wildman–Crippen MR) is 72.1 cm³/mol. The van der Waals surface area contributed by atoms with Gasteiger partial charge in [0.25, 0.3) is 0 Å². The highest BCUT2D eigenvalue weighted by molar-refractivity contribution is 6.21. The Balaban J connectivity index is 2.47. The fourth-order valence-corrected chi connectivity index (χ4v) is 2.51. The molecule has 0 heterocycles. The van der Waals surface area contributed by atoms with E-state index in [0.717, 1.165) is 0 Å². The molecule has 6 heteroatoms. The molecule has 5 nitrogen and oxygen atoms in total. The molecule has 108 valence electrons. The van der Waals surface area contributed by atoms with Gasteiger partial charge in [-0.25, -0.2) is 0 Å². The smallest absolute Gasteiger partial charge is 0.308 e. The summed E-state index contributed by atoms with van der Waals surface area (Å²) in [6.45, 7) is 2.61. The van der Waals surface area contributed by atoms with E-state index in [1.54, 1.807) is 12.1 Å². The van der Waals surface area contributed by atoms with Crippen LogP contribution in [0, 0.1) is 0 Å². The van der Waals surface area contributed by atoms with Crippen molar-refractivity contribution in [3.63, 3.8) is 0 Å². The summed E-state index contributed by atoms with van der Waals surface area (Å²) < 4.78 is 10.3. The summed E-state index contributed by atoms with van der Waals surface area (Å²) in [6.07, 6.45) is -0.136. The van der Waals surface area contributed by atoms with Crippen molar-refractivity contribution in [3.8, 4) is 11.5 Å². The minimum Gasteiger partial charge on any atom is -0.426 e. The highest BCUT2D eigenvalue weighted by atomic mass is 35.5. The third-order valence-electron chi connectivity index (χ3n) is 3.08. The van der Waals surface area contributed by atoms with Crippen molar-refractivity contribution in [2.75, 3.05) is 0 Å². The number of hydrogen-bond donors (Lipinski definition) is 1. The van der Waals surface area contributed by atoms with E-state index in [-0.39, 0.29) is 6.42 Å². The highest BCUT2D eigenvalue weighted by Gasteiger charge is 2.30. The Hall–Kier alpha value is -1.59. The fourth-order valence-electron chi connectivity index (χ4n) is 2.27. The Labute approximate surface area is 121 Å². The van der Waals surface area contributed by atoms with Crippen LogP contribution in [0.5, 0.6) is 11.5 Å². The summed E-state index contributed by atoms with van der Waals surface area (Å²) in [5.74, 6) is -0.133. The minimum atomic E-state index is -0.731. The lowest BCUT2D eigenvalue weighted by atomic mass is 9.88. The van der Waals surface area contributed by atoms with E-state index in [1.165, 1.54) is 13.8 Å². The Morgan fingerprint density at radius 1 is 1.10 bits per heavy atom. The second-order valence-corrected chi connectivity index (χ2v) is 5.26. The molecule has 0 amide bonds. The summed E-state index contributed by atoms with van der Waals surface area (Å²) in [6, 6.07) is 3.12. The van der Waals surface area contributed by atoms with Gasteiger partial charge in [-0.15, -0.1) is 11.6 Å². The van der Waals surface area contributed by atoms with Gasteiger partial charge in [-0.3, -0.25) is 9.59 Å². The maximum atomic E-state index is 11.1. The lowest BCUT2D eigenvalue weighted by Gasteiger charge is -2.28. The summed E-state index contributed by atoms with van der Waals surface area (Å²) in [7, 11) is 0. The summed E-state index contributed by atoms with van der Waals surface area (Å²) in [5.41, 5.74) is 1.35. The van der Waals surface area contributed by atoms with Crippen molar-refractivity contribution >= 4 is 23.5 Å². The van der Waals surface area contributed by atoms with E-state index in [2.05, 4.69) is 0 Å². The Morgan fingerprint density at radius 2 is 1.55 bits per heavy atom. The molecule has 2 rings (SSSR count). The molecule has 0 saturated heterocycles. The minimum absolute atomic E-state index is 0.251. The number of carbonyl (C=O) groups excluding carboxylic acids is 2. The van der Waals surface area contributed by atoms with Gasteiger partial charge in [0.1, 0.15) is 11.5 Å². The zero-order chi connectivity index (χ0) is 14.9. The molecule has 0 radical (unpaired) electrons. The molecule has 20 heavy (non-hydrogen) atoms. The van der Waals surface area contributed by atoms with Gasteiger partial charge in [-0.05, 0) is 18.6 Å². The molecule has 0 saturated carbocycles. The number of hydrogen-bond acceptors (Lipinski definition) is 5. The van der Waals surface area contributed by atoms with Gasteiger partial charge in [0.2, 0.25) is 0 Å². The highest BCUT2D eigenvalue weighted by Crippen LogP contribution is 2.37. The van der Waals surface area contributed by atoms with Crippen molar-refractivity contribution in [1.82, 2.24) is 0 Å². The van der Waals surface area contributed by atoms with E-state index in [4.69, 9.17) is 21.1 Å². The number of rotatable bonds is 2. The van der Waals surface area contributed by atoms with Gasteiger partial charge in [0.05, 0.1) is 11.5 Å². The number of aliphatic hydroxyl groups is 1. The number of esters is 2. The van der Waals surface area contributed by atoms with Crippen molar-refractivity contribution in [3.05, 3.63) is 23.3 Å². The first-order valence-corrected chi connectivity index (χ1v) is 6.66. The van der Waals surface area contributed by atoms with Crippen LogP contribution in [0.3, 0.4) is 0 Å². The quantitative estimate of drug-likeness (QED) is 0.510. The molecule has 0 spiro atoms. The molecule has 0 aliphatic heterocycles. The SMILES string of the molecule is CC(=O)Oc1ccc(OC(C)=O)c2c1CC(O)C(Cl)C2. The number of alkyl halides is 1. The largest absolute Gasteiger partial charge is 0.426 e. The maximum Gasteiger partial charge on any atom is 0.308 e. The molecule has 0 aromatic heterocycles. The topological polar surface area (TPSA) is 72.8 Å². The molecular weight excluding hydrogens is 284 g/mol. The molecule has 1 aromatic rings. The van der Waals surface area contributed by atoms with E-state index >= 15 is 0 Å². The molecule has 1 N–H and O–H groups in total. The first-order chi connectivity index (χ1) is 9.38. The van der Waals surface area contributed by atoms with Crippen LogP contribution in [-0.2, 0) is 22.4 Å². The van der Waals surface area contributed by atoms with Gasteiger partial charge in [-0.1, -0.05) is 0 Å². The van der Waals surface area contributed by atoms with Gasteiger partial charge >= 0.3 is 11.9 Å². The van der Waals surface area contributed by atoms with Gasteiger partial charge < -0.3 is 14.6 Å². The first kappa shape index (κ1) is 14.8. The number of benzene rings is 1. The number of carbonyl (C=O) groups is 2. The normalized spacial score (nSPS) is 21.0. The van der Waals surface area contributed by atoms with Crippen LogP contribution >= 0.6 is 11.6 Å². The van der Waals surface area contributed by atoms with Gasteiger partial charge in [-0.2, -0.15) is 0 Å². The van der Waals surface area contributed by atoms with Crippen LogP contribution in [0.25, 0.3) is 0 Å². The van der Waals surface area contributed by atoms with Crippen LogP contribution in [0.15, 0.2) is 12.1 Å². The average molecular weight is 299 g/mol. The molecule has 1 aliphatic rings. The third-order valence-corrected chi connectivity index (χ3v) is 3.53. The van der Waals surface area contributed by atoms with Crippen molar-refractivity contribution in [2.45, 2.75) is 38.2 Å². The first-order valence-electron chi connectivity index (χ1n) is 6.22. The predicted octanol–water partition coefficient (Wildman–Crippen LogP) is 1.60. The average Bonchev–Trinajstić information content (AvgIpc) is 2.33. The molecule has 0 bridgehead atoms. The van der Waals surface area contributed by atoms with E-state index < -0.39 is 23.4 Å². The molecular formula is C14H15ClO5. The van der Waals surface area contributed by atoms with Gasteiger partial charge in [0, 0.05) is 31.4 Å². The van der Waals surface area contributed by atoms with E-state index in [1.807, 2.05) is 0 Å². The Bertz CT molecular complexity index is 506. The Kier molecular flexibility index (Phi) is 4.30. The molecule has 0 fully saturated rings. The zero-order valence-electron chi connectivity index (χ0n) is 11.2. The standard InChI is InChI=1S/C14H15ClO5/c1-7(16)19-13-3-4-14(20-8(2)17)10-6-12(18)11(15)5-9(10)13/h3-4,11-12,18H,5-6H2,1-2H3. The van der Waals surface area contributed by atoms with Gasteiger partial charge in [0.15, 0.2) is 0 Å². The second kappa shape index (κ2) is 5.81. The lowest BCUT2D eigenvalue weighted by Crippen LogP contribution is -2.31. The van der Waals surface area contributed by atoms with Crippen LogP contribution in [0.4, 0.5) is 0 Å². The number of halogens is 1. The van der Waals surface area contributed by atoms with Crippen molar-refractivity contribution in [1.29, 1.82) is 0 Å². The van der Waals surface area contributed by atoms with Crippen LogP contribution in [0.1, 0.15) is 25.0 Å². The monoisotopic (exact) mass is 298 g/mol. The van der Waals surface area contributed by atoms with E-state index in [9.17, 15) is 14.7 Å². The molecule has 2 atom stereocenters. The second-order valence-electron chi connectivity index (χ2n) is 4.70. The van der Waals surface area contributed by atoms with Crippen molar-refractivity contribution in [2.24, 2.45) is 0 Å². The van der Waals surface area contributed by atoms with Crippen molar-refractivity contribution < 1.29 is 24.2 Å². The van der Waals surface area contributed by atoms with E-state index in [0.29, 0.717) is 29.0 Å². The van der Waals surface area contributed by atoms with Crippen LogP contribution in [0.2, 0.25) is 0 Å². The Morgan fingerprint density at radius 3 is 2.00 bits per heavy atom. The number of aliphatic hydroxyl groups excluding tert-OH is 1. The third kappa shape index (κ3) is 3.11. The van der Waals surface area contributed by atoms with Crippen LogP contribution in [-0.4, -0.2) is 28.5 Å². The number of fused-ring (bicyclic) bond motifs is 1. The lowest BCUT2D eigenvalue weighted by molar-refractivity contribution is -0.133. The zero-order valence-corrected chi connectivity index (χ0v) is 11.9. The number of ether oxygens (including phenoxy) is 2. The summed E-state index contributed by atoms with van der Waals surface area (Å²) in [5, 5.41) is 9.41. The molecule has 1 aliphatic carbocycles. The summed E-state index contributed by atoms with van der Waals surface area (Å²) >= 11 is 6.06. The maximum absolute atomic E-state index is 11.1. The summed E-state index contributed by atoms with van der Waals surface area (Å²) in [4.78, 5) is 22.2. The van der Waals surface area contributed by atoms with Crippen LogP contribution < -0.4 is 9.47 Å². The molecule has 1 aromatic carbocycles. The fraction of sp³-hybridized carbons (Fsp3) is 0.429. The molecule has 2 unspecified atom stereocenters.